The van der Waals surface area contributed by atoms with Gasteiger partial charge in [0.15, 0.2) is 0 Å². The van der Waals surface area contributed by atoms with E-state index in [-0.39, 0.29) is 10.5 Å². The van der Waals surface area contributed by atoms with Gasteiger partial charge in [0.2, 0.25) is 5.12 Å². The highest BCUT2D eigenvalue weighted by molar-refractivity contribution is 8.16. The van der Waals surface area contributed by atoms with Gasteiger partial charge in [-0.1, -0.05) is 11.8 Å². The van der Waals surface area contributed by atoms with Gasteiger partial charge in [-0.3, -0.25) is 4.79 Å². The van der Waals surface area contributed by atoms with E-state index >= 15 is 0 Å². The molecular formula is C3H3ClOS. The van der Waals surface area contributed by atoms with E-state index in [0.29, 0.717) is 0 Å². The fraction of sp³-hybridized carbons (Fsp3) is 0.667. The maximum Gasteiger partial charge on any atom is 0.207 e. The molecule has 3 heteroatoms. The first-order chi connectivity index (χ1) is 2.80. The van der Waals surface area contributed by atoms with Crippen molar-refractivity contribution in [2.45, 2.75) is 5.38 Å². The van der Waals surface area contributed by atoms with E-state index in [4.69, 9.17) is 11.6 Å². The Morgan fingerprint density at radius 2 is 2.50 bits per heavy atom. The van der Waals surface area contributed by atoms with E-state index in [0.717, 1.165) is 5.75 Å². The Bertz CT molecular complexity index is 82.9. The van der Waals surface area contributed by atoms with Crippen LogP contribution in [0.15, 0.2) is 0 Å². The van der Waals surface area contributed by atoms with Gasteiger partial charge in [0.25, 0.3) is 0 Å². The van der Waals surface area contributed by atoms with Crippen molar-refractivity contribution >= 4 is 28.5 Å². The van der Waals surface area contributed by atoms with Gasteiger partial charge in [-0.25, -0.2) is 0 Å². The zero-order valence-electron chi connectivity index (χ0n) is 2.98. The second-order valence-electron chi connectivity index (χ2n) is 1.10. The highest BCUT2D eigenvalue weighted by atomic mass is 35.5. The molecule has 0 bridgehead atoms. The Morgan fingerprint density at radius 1 is 2.00 bits per heavy atom. The zero-order chi connectivity index (χ0) is 4.57. The van der Waals surface area contributed by atoms with Gasteiger partial charge in [-0.05, 0) is 0 Å². The number of hydrogen-bond donors (Lipinski definition) is 0. The third-order valence-electron chi connectivity index (χ3n) is 0.628. The number of carbonyl (C=O) groups excluding carboxylic acids is 1. The lowest BCUT2D eigenvalue weighted by molar-refractivity contribution is -0.111. The van der Waals surface area contributed by atoms with E-state index in [2.05, 4.69) is 0 Å². The summed E-state index contributed by atoms with van der Waals surface area (Å²) in [4.78, 5) is 10.1. The van der Waals surface area contributed by atoms with Crippen LogP contribution in [0.3, 0.4) is 0 Å². The van der Waals surface area contributed by atoms with Crippen molar-refractivity contribution in [2.75, 3.05) is 5.75 Å². The number of halogens is 1. The number of hydrogen-bond acceptors (Lipinski definition) is 2. The summed E-state index contributed by atoms with van der Waals surface area (Å²) in [6, 6.07) is 0. The number of rotatable bonds is 0. The van der Waals surface area contributed by atoms with E-state index in [9.17, 15) is 4.79 Å². The van der Waals surface area contributed by atoms with Crippen molar-refractivity contribution in [3.05, 3.63) is 0 Å². The Morgan fingerprint density at radius 3 is 2.50 bits per heavy atom. The van der Waals surface area contributed by atoms with Crippen molar-refractivity contribution in [3.63, 3.8) is 0 Å². The van der Waals surface area contributed by atoms with Crippen molar-refractivity contribution in [1.82, 2.24) is 0 Å². The van der Waals surface area contributed by atoms with Crippen LogP contribution in [0.1, 0.15) is 0 Å². The maximum atomic E-state index is 10.1. The minimum Gasteiger partial charge on any atom is -0.285 e. The van der Waals surface area contributed by atoms with Crippen molar-refractivity contribution in [2.24, 2.45) is 0 Å². The molecule has 0 amide bonds. The van der Waals surface area contributed by atoms with Crippen molar-refractivity contribution < 1.29 is 4.79 Å². The van der Waals surface area contributed by atoms with Crippen LogP contribution in [-0.4, -0.2) is 16.2 Å². The molecule has 0 saturated carbocycles. The highest BCUT2D eigenvalue weighted by Gasteiger charge is 2.25. The van der Waals surface area contributed by atoms with Gasteiger partial charge in [-0.15, -0.1) is 11.6 Å². The zero-order valence-corrected chi connectivity index (χ0v) is 4.55. The summed E-state index contributed by atoms with van der Waals surface area (Å²) in [7, 11) is 0. The molecule has 1 aliphatic rings. The molecule has 0 aromatic heterocycles. The molecule has 1 nitrogen and oxygen atoms in total. The molecule has 6 heavy (non-hydrogen) atoms. The SMILES string of the molecule is O=C1SCC1Cl. The molecule has 1 heterocycles. The normalized spacial score (nSPS) is 32.8. The third kappa shape index (κ3) is 0.545. The molecule has 1 aliphatic heterocycles. The van der Waals surface area contributed by atoms with Crippen LogP contribution in [0.4, 0.5) is 0 Å². The summed E-state index contributed by atoms with van der Waals surface area (Å²) < 4.78 is 0. The quantitative estimate of drug-likeness (QED) is 0.444. The second-order valence-corrected chi connectivity index (χ2v) is 2.65. The molecule has 0 aromatic rings. The number of thioether (sulfide) groups is 1. The lowest BCUT2D eigenvalue weighted by atomic mass is 10.5. The number of alkyl halides is 1. The molecule has 0 N–H and O–H groups in total. The molecule has 34 valence electrons. The van der Waals surface area contributed by atoms with Crippen LogP contribution in [0.2, 0.25) is 0 Å². The third-order valence-corrected chi connectivity index (χ3v) is 2.36. The first-order valence-corrected chi connectivity index (χ1v) is 3.03. The van der Waals surface area contributed by atoms with Crippen molar-refractivity contribution in [3.8, 4) is 0 Å². The number of carbonyl (C=O) groups is 1. The summed E-state index contributed by atoms with van der Waals surface area (Å²) in [6.45, 7) is 0. The molecule has 0 radical (unpaired) electrons. The Kier molecular flexibility index (Phi) is 1.06. The largest absolute Gasteiger partial charge is 0.285 e. The Hall–Kier alpha value is 0.310. The van der Waals surface area contributed by atoms with E-state index in [1.807, 2.05) is 0 Å². The van der Waals surface area contributed by atoms with Crippen LogP contribution >= 0.6 is 23.4 Å². The Labute approximate surface area is 45.1 Å². The van der Waals surface area contributed by atoms with E-state index < -0.39 is 0 Å². The van der Waals surface area contributed by atoms with Gasteiger partial charge in [0, 0.05) is 5.75 Å². The summed E-state index contributed by atoms with van der Waals surface area (Å²) >= 11 is 6.63. The predicted octanol–water partition coefficient (Wildman–Crippen LogP) is 0.867. The summed E-state index contributed by atoms with van der Waals surface area (Å²) in [5.41, 5.74) is 0. The molecule has 0 aliphatic carbocycles. The van der Waals surface area contributed by atoms with Crippen LogP contribution in [0.25, 0.3) is 0 Å². The lowest BCUT2D eigenvalue weighted by Gasteiger charge is -2.13. The predicted molar refractivity (Wildman–Crippen MR) is 27.1 cm³/mol. The summed E-state index contributed by atoms with van der Waals surface area (Å²) in [6.07, 6.45) is 0. The van der Waals surface area contributed by atoms with E-state index in [1.54, 1.807) is 0 Å². The molecule has 0 aromatic carbocycles. The Balaban J connectivity index is 2.39. The molecule has 1 fully saturated rings. The minimum atomic E-state index is -0.171. The second kappa shape index (κ2) is 1.43. The first kappa shape index (κ1) is 4.47. The molecular weight excluding hydrogens is 120 g/mol. The molecule has 1 atom stereocenters. The summed E-state index contributed by atoms with van der Waals surface area (Å²) in [5.74, 6) is 0.806. The van der Waals surface area contributed by atoms with E-state index in [1.165, 1.54) is 11.8 Å². The maximum absolute atomic E-state index is 10.1. The highest BCUT2D eigenvalue weighted by Crippen LogP contribution is 2.24. The molecule has 1 unspecified atom stereocenters. The van der Waals surface area contributed by atoms with Gasteiger partial charge < -0.3 is 0 Å². The molecule has 1 rings (SSSR count). The van der Waals surface area contributed by atoms with Gasteiger partial charge >= 0.3 is 0 Å². The van der Waals surface area contributed by atoms with Crippen LogP contribution < -0.4 is 0 Å². The molecule has 1 saturated heterocycles. The first-order valence-electron chi connectivity index (χ1n) is 1.61. The van der Waals surface area contributed by atoms with Gasteiger partial charge in [0.1, 0.15) is 5.38 Å². The fourth-order valence-electron chi connectivity index (χ4n) is 0.214. The average Bonchev–Trinajstić information content (AvgIpc) is 1.61. The van der Waals surface area contributed by atoms with Gasteiger partial charge in [0.05, 0.1) is 0 Å². The summed E-state index contributed by atoms with van der Waals surface area (Å²) in [5, 5.41) is -0.0494. The topological polar surface area (TPSA) is 17.1 Å². The fourth-order valence-corrected chi connectivity index (χ4v) is 1.02. The van der Waals surface area contributed by atoms with Gasteiger partial charge in [-0.2, -0.15) is 0 Å². The smallest absolute Gasteiger partial charge is 0.207 e. The standard InChI is InChI=1S/C3H3ClOS/c4-2-1-6-3(2)5/h2H,1H2. The lowest BCUT2D eigenvalue weighted by Crippen LogP contribution is -2.24. The molecule has 0 spiro atoms. The van der Waals surface area contributed by atoms with Crippen LogP contribution in [0, 0.1) is 0 Å². The average molecular weight is 123 g/mol. The van der Waals surface area contributed by atoms with Crippen molar-refractivity contribution in [1.29, 1.82) is 0 Å². The van der Waals surface area contributed by atoms with Crippen LogP contribution in [0.5, 0.6) is 0 Å². The monoisotopic (exact) mass is 122 g/mol. The van der Waals surface area contributed by atoms with Crippen LogP contribution in [-0.2, 0) is 4.79 Å². The minimum absolute atomic E-state index is 0.122.